The van der Waals surface area contributed by atoms with E-state index in [0.717, 1.165) is 30.5 Å². The normalized spacial score (nSPS) is 11.6. The van der Waals surface area contributed by atoms with Crippen molar-refractivity contribution in [3.05, 3.63) is 23.8 Å². The molecular weight excluding hydrogens is 230 g/mol. The second-order valence-corrected chi connectivity index (χ2v) is 4.23. The Hall–Kier alpha value is -1.71. The van der Waals surface area contributed by atoms with E-state index in [1.54, 1.807) is 6.07 Å². The summed E-state index contributed by atoms with van der Waals surface area (Å²) in [6.45, 7) is 2.17. The van der Waals surface area contributed by atoms with Crippen LogP contribution < -0.4 is 0 Å². The topological polar surface area (TPSA) is 62.0 Å². The number of aromatic hydroxyl groups is 2. The number of hydrogen-bond donors (Lipinski definition) is 2. The monoisotopic (exact) mass is 251 g/mol. The van der Waals surface area contributed by atoms with Gasteiger partial charge in [0.15, 0.2) is 11.5 Å². The number of rotatable bonds is 7. The van der Waals surface area contributed by atoms with Gasteiger partial charge in [-0.1, -0.05) is 31.3 Å². The third-order valence-electron chi connectivity index (χ3n) is 2.78. The molecule has 0 fully saturated rings. The molecule has 0 unspecified atom stereocenters. The van der Waals surface area contributed by atoms with Crippen molar-refractivity contribution in [2.45, 2.75) is 39.0 Å². The average molecular weight is 251 g/mol. The lowest BCUT2D eigenvalue weighted by atomic mass is 10.0. The van der Waals surface area contributed by atoms with Crippen LogP contribution in [0.15, 0.2) is 23.4 Å². The summed E-state index contributed by atoms with van der Waals surface area (Å²) in [5, 5.41) is 22.7. The Labute approximate surface area is 108 Å². The largest absolute Gasteiger partial charge is 0.504 e. The summed E-state index contributed by atoms with van der Waals surface area (Å²) in [6.07, 6.45) is 5.40. The van der Waals surface area contributed by atoms with Crippen molar-refractivity contribution in [1.82, 2.24) is 0 Å². The lowest BCUT2D eigenvalue weighted by molar-refractivity contribution is 0.212. The molecule has 0 saturated heterocycles. The Bertz CT molecular complexity index is 402. The number of hydrogen-bond acceptors (Lipinski definition) is 4. The molecule has 100 valence electrons. The summed E-state index contributed by atoms with van der Waals surface area (Å²) in [6, 6.07) is 4.70. The second-order valence-electron chi connectivity index (χ2n) is 4.23. The van der Waals surface area contributed by atoms with E-state index in [4.69, 9.17) is 4.84 Å². The standard InChI is InChI=1S/C14H21NO3/c1-3-4-5-6-7-12(15-18-2)11-8-9-13(16)14(17)10-11/h8-10,16-17H,3-7H2,1-2H3/b15-12-. The van der Waals surface area contributed by atoms with Crippen molar-refractivity contribution in [2.24, 2.45) is 5.16 Å². The Kier molecular flexibility index (Phi) is 6.05. The minimum absolute atomic E-state index is 0.124. The zero-order valence-electron chi connectivity index (χ0n) is 11.0. The Morgan fingerprint density at radius 3 is 2.56 bits per heavy atom. The Balaban J connectivity index is 2.72. The van der Waals surface area contributed by atoms with E-state index in [-0.39, 0.29) is 11.5 Å². The molecule has 4 nitrogen and oxygen atoms in total. The summed E-state index contributed by atoms with van der Waals surface area (Å²) >= 11 is 0. The molecule has 1 aromatic rings. The van der Waals surface area contributed by atoms with Crippen LogP contribution in [0.3, 0.4) is 0 Å². The summed E-state index contributed by atoms with van der Waals surface area (Å²) < 4.78 is 0. The van der Waals surface area contributed by atoms with Crippen LogP contribution >= 0.6 is 0 Å². The zero-order valence-corrected chi connectivity index (χ0v) is 11.0. The molecule has 0 saturated carbocycles. The van der Waals surface area contributed by atoms with Gasteiger partial charge in [0, 0.05) is 5.56 Å². The van der Waals surface area contributed by atoms with Crippen LogP contribution in [0.2, 0.25) is 0 Å². The van der Waals surface area contributed by atoms with Gasteiger partial charge in [-0.3, -0.25) is 0 Å². The predicted octanol–water partition coefficient (Wildman–Crippen LogP) is 3.42. The van der Waals surface area contributed by atoms with E-state index in [2.05, 4.69) is 12.1 Å². The molecule has 0 aliphatic heterocycles. The number of phenolic OH excluding ortho intramolecular Hbond substituents is 2. The van der Waals surface area contributed by atoms with E-state index in [1.165, 1.54) is 32.1 Å². The van der Waals surface area contributed by atoms with Crippen molar-refractivity contribution in [3.63, 3.8) is 0 Å². The first kappa shape index (κ1) is 14.4. The number of nitrogens with zero attached hydrogens (tertiary/aromatic N) is 1. The molecule has 1 aromatic carbocycles. The summed E-state index contributed by atoms with van der Waals surface area (Å²) in [5.41, 5.74) is 1.58. The lowest BCUT2D eigenvalue weighted by Crippen LogP contribution is -2.01. The highest BCUT2D eigenvalue weighted by Gasteiger charge is 2.08. The minimum atomic E-state index is -0.134. The average Bonchev–Trinajstić information content (AvgIpc) is 2.37. The number of phenols is 2. The molecule has 4 heteroatoms. The molecule has 0 aromatic heterocycles. The molecule has 1 rings (SSSR count). The summed E-state index contributed by atoms with van der Waals surface area (Å²) in [4.78, 5) is 4.83. The van der Waals surface area contributed by atoms with Gasteiger partial charge in [0.2, 0.25) is 0 Å². The van der Waals surface area contributed by atoms with Crippen molar-refractivity contribution in [2.75, 3.05) is 7.11 Å². The van der Waals surface area contributed by atoms with E-state index < -0.39 is 0 Å². The maximum Gasteiger partial charge on any atom is 0.158 e. The van der Waals surface area contributed by atoms with Gasteiger partial charge in [0.1, 0.15) is 7.11 Å². The van der Waals surface area contributed by atoms with Crippen molar-refractivity contribution in [1.29, 1.82) is 0 Å². The van der Waals surface area contributed by atoms with Gasteiger partial charge in [-0.25, -0.2) is 0 Å². The minimum Gasteiger partial charge on any atom is -0.504 e. The third kappa shape index (κ3) is 4.28. The molecule has 0 radical (unpaired) electrons. The van der Waals surface area contributed by atoms with Crippen LogP contribution in [0.25, 0.3) is 0 Å². The maximum absolute atomic E-state index is 9.48. The Morgan fingerprint density at radius 1 is 1.17 bits per heavy atom. The molecule has 0 aliphatic carbocycles. The Morgan fingerprint density at radius 2 is 1.94 bits per heavy atom. The van der Waals surface area contributed by atoms with Gasteiger partial charge in [0.05, 0.1) is 5.71 Å². The molecule has 0 bridgehead atoms. The van der Waals surface area contributed by atoms with Gasteiger partial charge in [-0.05, 0) is 31.0 Å². The van der Waals surface area contributed by atoms with Crippen LogP contribution in [0, 0.1) is 0 Å². The fraction of sp³-hybridized carbons (Fsp3) is 0.500. The first-order valence-corrected chi connectivity index (χ1v) is 6.31. The van der Waals surface area contributed by atoms with E-state index >= 15 is 0 Å². The highest BCUT2D eigenvalue weighted by atomic mass is 16.6. The fourth-order valence-corrected chi connectivity index (χ4v) is 1.78. The maximum atomic E-state index is 9.48. The molecule has 0 spiro atoms. The summed E-state index contributed by atoms with van der Waals surface area (Å²) in [5.74, 6) is -0.258. The quantitative estimate of drug-likeness (QED) is 0.338. The van der Waals surface area contributed by atoms with E-state index in [1.807, 2.05) is 0 Å². The van der Waals surface area contributed by atoms with Gasteiger partial charge in [0.25, 0.3) is 0 Å². The van der Waals surface area contributed by atoms with Crippen LogP contribution in [0.5, 0.6) is 11.5 Å². The number of unbranched alkanes of at least 4 members (excludes halogenated alkanes) is 3. The number of oxime groups is 1. The zero-order chi connectivity index (χ0) is 13.4. The van der Waals surface area contributed by atoms with Gasteiger partial charge >= 0.3 is 0 Å². The van der Waals surface area contributed by atoms with Crippen LogP contribution in [0.4, 0.5) is 0 Å². The number of benzene rings is 1. The molecule has 18 heavy (non-hydrogen) atoms. The van der Waals surface area contributed by atoms with Crippen molar-refractivity contribution >= 4 is 5.71 Å². The van der Waals surface area contributed by atoms with Crippen molar-refractivity contribution in [3.8, 4) is 11.5 Å². The SMILES string of the molecule is CCCCCC/C(=N/OC)c1ccc(O)c(O)c1. The van der Waals surface area contributed by atoms with Gasteiger partial charge in [-0.2, -0.15) is 0 Å². The van der Waals surface area contributed by atoms with E-state index in [0.29, 0.717) is 0 Å². The fourth-order valence-electron chi connectivity index (χ4n) is 1.78. The van der Waals surface area contributed by atoms with E-state index in [9.17, 15) is 10.2 Å². The first-order chi connectivity index (χ1) is 8.69. The molecule has 0 atom stereocenters. The highest BCUT2D eigenvalue weighted by Crippen LogP contribution is 2.26. The second kappa shape index (κ2) is 7.58. The van der Waals surface area contributed by atoms with Crippen molar-refractivity contribution < 1.29 is 15.1 Å². The van der Waals surface area contributed by atoms with Crippen LogP contribution in [0.1, 0.15) is 44.6 Å². The first-order valence-electron chi connectivity index (χ1n) is 6.31. The molecular formula is C14H21NO3. The molecule has 0 amide bonds. The third-order valence-corrected chi connectivity index (χ3v) is 2.78. The highest BCUT2D eigenvalue weighted by molar-refractivity contribution is 6.00. The van der Waals surface area contributed by atoms with Crippen LogP contribution in [-0.4, -0.2) is 23.0 Å². The molecule has 2 N–H and O–H groups in total. The smallest absolute Gasteiger partial charge is 0.158 e. The van der Waals surface area contributed by atoms with Gasteiger partial charge in [-0.15, -0.1) is 0 Å². The summed E-state index contributed by atoms with van der Waals surface area (Å²) in [7, 11) is 1.51. The molecule has 0 aliphatic rings. The lowest BCUT2D eigenvalue weighted by Gasteiger charge is -2.07. The molecule has 0 heterocycles. The van der Waals surface area contributed by atoms with Gasteiger partial charge < -0.3 is 15.1 Å². The predicted molar refractivity (Wildman–Crippen MR) is 72.1 cm³/mol. The van der Waals surface area contributed by atoms with Crippen LogP contribution in [-0.2, 0) is 4.84 Å².